The van der Waals surface area contributed by atoms with Crippen LogP contribution in [0.4, 0.5) is 0 Å². The first-order valence-electron chi connectivity index (χ1n) is 10.1. The number of aromatic hydroxyl groups is 1. The first kappa shape index (κ1) is 23.7. The molecular formula is C22H26N2O7S. The van der Waals surface area contributed by atoms with E-state index in [1.807, 2.05) is 19.9 Å². The third-order valence-corrected chi connectivity index (χ3v) is 6.31. The average Bonchev–Trinajstić information content (AvgIpc) is 2.76. The van der Waals surface area contributed by atoms with Gasteiger partial charge in [-0.3, -0.25) is 4.79 Å². The number of nitrogens with one attached hydrogen (secondary N) is 1. The Balaban J connectivity index is 1.65. The number of rotatable bonds is 7. The van der Waals surface area contributed by atoms with E-state index in [2.05, 4.69) is 4.72 Å². The van der Waals surface area contributed by atoms with E-state index in [-0.39, 0.29) is 29.2 Å². The monoisotopic (exact) mass is 462 g/mol. The molecule has 2 aromatic rings. The third kappa shape index (κ3) is 6.06. The fourth-order valence-corrected chi connectivity index (χ4v) is 4.42. The van der Waals surface area contributed by atoms with Gasteiger partial charge >= 0.3 is 5.97 Å². The molecule has 2 aromatic carbocycles. The van der Waals surface area contributed by atoms with Crippen LogP contribution in [0.2, 0.25) is 0 Å². The second kappa shape index (κ2) is 10.1. The molecule has 0 bridgehead atoms. The quantitative estimate of drug-likeness (QED) is 0.600. The van der Waals surface area contributed by atoms with Gasteiger partial charge in [0.1, 0.15) is 11.3 Å². The number of hydrogen-bond donors (Lipinski definition) is 2. The van der Waals surface area contributed by atoms with Crippen molar-refractivity contribution < 1.29 is 32.6 Å². The van der Waals surface area contributed by atoms with Crippen molar-refractivity contribution in [3.63, 3.8) is 0 Å². The topological polar surface area (TPSA) is 122 Å². The minimum absolute atomic E-state index is 0.0642. The lowest BCUT2D eigenvalue weighted by molar-refractivity contribution is -0.146. The van der Waals surface area contributed by atoms with Gasteiger partial charge in [0.05, 0.1) is 17.1 Å². The zero-order chi connectivity index (χ0) is 23.3. The number of amides is 1. The second-order valence-corrected chi connectivity index (χ2v) is 9.39. The first-order valence-corrected chi connectivity index (χ1v) is 11.6. The number of carbonyl (C=O) groups is 2. The SMILES string of the molecule is CC1CN(C(=O)COC(=O)c2cc(S(=O)(=O)NCc3ccccc3)ccc2O)CC(C)O1. The van der Waals surface area contributed by atoms with Crippen LogP contribution in [0.5, 0.6) is 5.75 Å². The summed E-state index contributed by atoms with van der Waals surface area (Å²) < 4.78 is 38.3. The molecule has 1 saturated heterocycles. The molecule has 3 rings (SSSR count). The molecule has 2 atom stereocenters. The van der Waals surface area contributed by atoms with E-state index in [1.165, 1.54) is 6.07 Å². The number of phenols is 1. The van der Waals surface area contributed by atoms with Crippen LogP contribution in [-0.2, 0) is 30.8 Å². The van der Waals surface area contributed by atoms with Crippen LogP contribution in [-0.4, -0.2) is 62.2 Å². The van der Waals surface area contributed by atoms with Crippen LogP contribution in [0.3, 0.4) is 0 Å². The second-order valence-electron chi connectivity index (χ2n) is 7.62. The number of carbonyl (C=O) groups excluding carboxylic acids is 2. The maximum atomic E-state index is 12.6. The summed E-state index contributed by atoms with van der Waals surface area (Å²) in [5.41, 5.74) is 0.420. The molecule has 9 nitrogen and oxygen atoms in total. The smallest absolute Gasteiger partial charge is 0.342 e. The molecule has 1 heterocycles. The van der Waals surface area contributed by atoms with Gasteiger partial charge in [0.25, 0.3) is 5.91 Å². The highest BCUT2D eigenvalue weighted by Crippen LogP contribution is 2.22. The standard InChI is InChI=1S/C22H26N2O7S/c1-15-12-24(13-16(2)31-15)21(26)14-30-22(27)19-10-18(8-9-20(19)25)32(28,29)23-11-17-6-4-3-5-7-17/h3-10,15-16,23,25H,11-14H2,1-2H3. The van der Waals surface area contributed by atoms with Gasteiger partial charge in [-0.1, -0.05) is 30.3 Å². The minimum atomic E-state index is -3.95. The molecule has 1 amide bonds. The van der Waals surface area contributed by atoms with Crippen LogP contribution in [0, 0.1) is 0 Å². The molecular weight excluding hydrogens is 436 g/mol. The summed E-state index contributed by atoms with van der Waals surface area (Å²) in [5, 5.41) is 10.0. The predicted molar refractivity (Wildman–Crippen MR) is 115 cm³/mol. The molecule has 10 heteroatoms. The van der Waals surface area contributed by atoms with E-state index in [0.29, 0.717) is 13.1 Å². The van der Waals surface area contributed by atoms with Crippen molar-refractivity contribution >= 4 is 21.9 Å². The summed E-state index contributed by atoms with van der Waals surface area (Å²) in [6, 6.07) is 12.2. The molecule has 2 unspecified atom stereocenters. The first-order chi connectivity index (χ1) is 15.2. The van der Waals surface area contributed by atoms with Crippen LogP contribution in [0.25, 0.3) is 0 Å². The number of ether oxygens (including phenoxy) is 2. The third-order valence-electron chi connectivity index (χ3n) is 4.91. The number of hydrogen-bond acceptors (Lipinski definition) is 7. The zero-order valence-electron chi connectivity index (χ0n) is 17.9. The van der Waals surface area contributed by atoms with Crippen molar-refractivity contribution in [1.29, 1.82) is 0 Å². The molecule has 1 aliphatic rings. The van der Waals surface area contributed by atoms with E-state index in [1.54, 1.807) is 29.2 Å². The average molecular weight is 463 g/mol. The van der Waals surface area contributed by atoms with E-state index in [9.17, 15) is 23.1 Å². The van der Waals surface area contributed by atoms with Crippen molar-refractivity contribution in [2.45, 2.75) is 37.5 Å². The number of nitrogens with zero attached hydrogens (tertiary/aromatic N) is 1. The van der Waals surface area contributed by atoms with Crippen molar-refractivity contribution in [2.24, 2.45) is 0 Å². The van der Waals surface area contributed by atoms with Gasteiger partial charge in [0.15, 0.2) is 6.61 Å². The highest BCUT2D eigenvalue weighted by Gasteiger charge is 2.27. The van der Waals surface area contributed by atoms with Gasteiger partial charge in [-0.05, 0) is 37.6 Å². The summed E-state index contributed by atoms with van der Waals surface area (Å²) in [4.78, 5) is 26.2. The lowest BCUT2D eigenvalue weighted by atomic mass is 10.2. The Hall–Kier alpha value is -2.95. The van der Waals surface area contributed by atoms with Crippen LogP contribution < -0.4 is 4.72 Å². The molecule has 0 aliphatic carbocycles. The van der Waals surface area contributed by atoms with Gasteiger partial charge in [0, 0.05) is 19.6 Å². The Kier molecular flexibility index (Phi) is 7.49. The lowest BCUT2D eigenvalue weighted by Gasteiger charge is -2.35. The Morgan fingerprint density at radius 1 is 1.12 bits per heavy atom. The summed E-state index contributed by atoms with van der Waals surface area (Å²) in [7, 11) is -3.95. The van der Waals surface area contributed by atoms with Crippen LogP contribution in [0.1, 0.15) is 29.8 Å². The van der Waals surface area contributed by atoms with Crippen molar-refractivity contribution in [3.05, 3.63) is 59.7 Å². The Labute approximate surface area is 187 Å². The van der Waals surface area contributed by atoms with Crippen molar-refractivity contribution in [2.75, 3.05) is 19.7 Å². The van der Waals surface area contributed by atoms with Gasteiger partial charge < -0.3 is 19.5 Å². The Morgan fingerprint density at radius 2 is 1.78 bits per heavy atom. The molecule has 0 spiro atoms. The Bertz CT molecular complexity index is 1060. The normalized spacial score (nSPS) is 18.9. The molecule has 2 N–H and O–H groups in total. The fourth-order valence-electron chi connectivity index (χ4n) is 3.38. The number of phenolic OH excluding ortho intramolecular Hbond substituents is 1. The predicted octanol–water partition coefficient (Wildman–Crippen LogP) is 1.66. The molecule has 1 aliphatic heterocycles. The van der Waals surface area contributed by atoms with Gasteiger partial charge in [-0.25, -0.2) is 17.9 Å². The van der Waals surface area contributed by atoms with Crippen LogP contribution in [0.15, 0.2) is 53.4 Å². The molecule has 1 fully saturated rings. The van der Waals surface area contributed by atoms with E-state index in [4.69, 9.17) is 9.47 Å². The van der Waals surface area contributed by atoms with Crippen molar-refractivity contribution in [1.82, 2.24) is 9.62 Å². The largest absolute Gasteiger partial charge is 0.507 e. The maximum Gasteiger partial charge on any atom is 0.342 e. The summed E-state index contributed by atoms with van der Waals surface area (Å²) in [6.07, 6.45) is -0.263. The highest BCUT2D eigenvalue weighted by molar-refractivity contribution is 7.89. The van der Waals surface area contributed by atoms with Crippen LogP contribution >= 0.6 is 0 Å². The number of morpholine rings is 1. The van der Waals surface area contributed by atoms with E-state index in [0.717, 1.165) is 17.7 Å². The minimum Gasteiger partial charge on any atom is -0.507 e. The number of esters is 1. The fraction of sp³-hybridized carbons (Fsp3) is 0.364. The van der Waals surface area contributed by atoms with E-state index >= 15 is 0 Å². The number of benzene rings is 2. The molecule has 172 valence electrons. The van der Waals surface area contributed by atoms with Gasteiger partial charge in [0.2, 0.25) is 10.0 Å². The van der Waals surface area contributed by atoms with Gasteiger partial charge in [-0.2, -0.15) is 0 Å². The molecule has 0 radical (unpaired) electrons. The molecule has 32 heavy (non-hydrogen) atoms. The highest BCUT2D eigenvalue weighted by atomic mass is 32.2. The lowest BCUT2D eigenvalue weighted by Crippen LogP contribution is -2.49. The van der Waals surface area contributed by atoms with Crippen molar-refractivity contribution in [3.8, 4) is 5.75 Å². The number of sulfonamides is 1. The summed E-state index contributed by atoms with van der Waals surface area (Å²) >= 11 is 0. The molecule has 0 aromatic heterocycles. The summed E-state index contributed by atoms with van der Waals surface area (Å²) in [5.74, 6) is -1.84. The molecule has 0 saturated carbocycles. The summed E-state index contributed by atoms with van der Waals surface area (Å²) in [6.45, 7) is 3.99. The van der Waals surface area contributed by atoms with Gasteiger partial charge in [-0.15, -0.1) is 0 Å². The zero-order valence-corrected chi connectivity index (χ0v) is 18.7. The van der Waals surface area contributed by atoms with E-state index < -0.39 is 34.3 Å². The Morgan fingerprint density at radius 3 is 2.44 bits per heavy atom. The maximum absolute atomic E-state index is 12.6.